The van der Waals surface area contributed by atoms with Crippen molar-refractivity contribution in [2.45, 2.75) is 12.8 Å². The summed E-state index contributed by atoms with van der Waals surface area (Å²) in [5, 5.41) is 0. The second-order valence-electron chi connectivity index (χ2n) is 4.33. The highest BCUT2D eigenvalue weighted by molar-refractivity contribution is 7.80. The van der Waals surface area contributed by atoms with Crippen molar-refractivity contribution < 1.29 is 9.18 Å². The molecule has 1 aromatic rings. The molecule has 0 radical (unpaired) electrons. The van der Waals surface area contributed by atoms with E-state index in [2.05, 4.69) is 4.98 Å². The molecule has 96 valence electrons. The van der Waals surface area contributed by atoms with Crippen molar-refractivity contribution in [3.63, 3.8) is 0 Å². The Labute approximate surface area is 110 Å². The van der Waals surface area contributed by atoms with Crippen LogP contribution in [-0.4, -0.2) is 33.9 Å². The molecule has 2 N–H and O–H groups in total. The Bertz CT molecular complexity index is 455. The van der Waals surface area contributed by atoms with Gasteiger partial charge in [0.05, 0.1) is 11.2 Å². The number of nitrogens with two attached hydrogens (primary N) is 1. The summed E-state index contributed by atoms with van der Waals surface area (Å²) in [7, 11) is 0. The van der Waals surface area contributed by atoms with Crippen LogP contribution in [-0.2, 0) is 0 Å². The van der Waals surface area contributed by atoms with Crippen LogP contribution in [0.1, 0.15) is 23.3 Å². The Morgan fingerprint density at radius 3 is 2.61 bits per heavy atom. The van der Waals surface area contributed by atoms with Gasteiger partial charge in [0.15, 0.2) is 0 Å². The Hall–Kier alpha value is -1.56. The molecular weight excluding hydrogens is 253 g/mol. The highest BCUT2D eigenvalue weighted by Crippen LogP contribution is 2.18. The van der Waals surface area contributed by atoms with Crippen molar-refractivity contribution in [2.24, 2.45) is 11.7 Å². The fourth-order valence-corrected chi connectivity index (χ4v) is 2.27. The molecule has 0 aromatic carbocycles. The van der Waals surface area contributed by atoms with Crippen LogP contribution >= 0.6 is 12.2 Å². The lowest BCUT2D eigenvalue weighted by Crippen LogP contribution is -2.41. The molecule has 18 heavy (non-hydrogen) atoms. The highest BCUT2D eigenvalue weighted by atomic mass is 32.1. The third kappa shape index (κ3) is 2.81. The van der Waals surface area contributed by atoms with Crippen LogP contribution in [0.5, 0.6) is 0 Å². The van der Waals surface area contributed by atoms with Gasteiger partial charge in [-0.2, -0.15) is 0 Å². The zero-order chi connectivity index (χ0) is 13.1. The molecule has 1 saturated heterocycles. The molecule has 0 spiro atoms. The average molecular weight is 267 g/mol. The number of pyridine rings is 1. The van der Waals surface area contributed by atoms with Crippen LogP contribution in [0.2, 0.25) is 0 Å². The van der Waals surface area contributed by atoms with E-state index in [0.717, 1.165) is 19.0 Å². The fourth-order valence-electron chi connectivity index (χ4n) is 2.03. The van der Waals surface area contributed by atoms with Gasteiger partial charge in [0, 0.05) is 19.0 Å². The van der Waals surface area contributed by atoms with Gasteiger partial charge in [-0.1, -0.05) is 12.2 Å². The number of likely N-dealkylation sites (tertiary alicyclic amines) is 1. The molecule has 1 aliphatic heterocycles. The van der Waals surface area contributed by atoms with Crippen molar-refractivity contribution in [1.82, 2.24) is 9.88 Å². The van der Waals surface area contributed by atoms with Crippen LogP contribution in [0.4, 0.5) is 4.39 Å². The summed E-state index contributed by atoms with van der Waals surface area (Å²) < 4.78 is 12.7. The van der Waals surface area contributed by atoms with Crippen molar-refractivity contribution >= 4 is 23.1 Å². The van der Waals surface area contributed by atoms with Gasteiger partial charge in [-0.15, -0.1) is 0 Å². The minimum Gasteiger partial charge on any atom is -0.393 e. The molecule has 0 bridgehead atoms. The number of rotatable bonds is 2. The molecule has 1 fully saturated rings. The van der Waals surface area contributed by atoms with Crippen LogP contribution in [0.15, 0.2) is 18.3 Å². The molecule has 4 nitrogen and oxygen atoms in total. The average Bonchev–Trinajstić information content (AvgIpc) is 2.39. The molecule has 2 rings (SSSR count). The minimum atomic E-state index is -0.446. The Morgan fingerprint density at radius 1 is 1.44 bits per heavy atom. The number of halogens is 1. The first-order valence-corrected chi connectivity index (χ1v) is 6.19. The van der Waals surface area contributed by atoms with E-state index in [1.165, 1.54) is 12.1 Å². The zero-order valence-corrected chi connectivity index (χ0v) is 10.6. The molecule has 1 aromatic heterocycles. The summed E-state index contributed by atoms with van der Waals surface area (Å²) >= 11 is 4.95. The van der Waals surface area contributed by atoms with E-state index in [1.807, 2.05) is 0 Å². The lowest BCUT2D eigenvalue weighted by molar-refractivity contribution is 0.0704. The second-order valence-corrected chi connectivity index (χ2v) is 4.80. The molecule has 1 amide bonds. The SMILES string of the molecule is NC(=S)C1CCN(C(=O)c2ccc(F)cn2)CC1. The topological polar surface area (TPSA) is 59.2 Å². The number of hydrogen-bond donors (Lipinski definition) is 1. The molecule has 1 aliphatic rings. The monoisotopic (exact) mass is 267 g/mol. The standard InChI is InChI=1S/C12H14FN3OS/c13-9-1-2-10(15-7-9)12(17)16-5-3-8(4-6-16)11(14)18/h1-2,7-8H,3-6H2,(H2,14,18). The van der Waals surface area contributed by atoms with Crippen LogP contribution in [0, 0.1) is 11.7 Å². The largest absolute Gasteiger partial charge is 0.393 e. The molecule has 0 saturated carbocycles. The maximum Gasteiger partial charge on any atom is 0.272 e. The summed E-state index contributed by atoms with van der Waals surface area (Å²) in [5.41, 5.74) is 5.86. The number of carbonyl (C=O) groups is 1. The number of amides is 1. The molecule has 0 atom stereocenters. The third-order valence-electron chi connectivity index (χ3n) is 3.13. The maximum absolute atomic E-state index is 12.7. The van der Waals surface area contributed by atoms with E-state index in [1.54, 1.807) is 4.90 Å². The number of carbonyl (C=O) groups excluding carboxylic acids is 1. The van der Waals surface area contributed by atoms with Gasteiger partial charge in [0.1, 0.15) is 11.5 Å². The van der Waals surface area contributed by atoms with Gasteiger partial charge in [-0.3, -0.25) is 4.79 Å². The molecule has 0 aliphatic carbocycles. The van der Waals surface area contributed by atoms with Crippen LogP contribution in [0.3, 0.4) is 0 Å². The summed E-state index contributed by atoms with van der Waals surface area (Å²) in [6, 6.07) is 2.64. The smallest absolute Gasteiger partial charge is 0.272 e. The van der Waals surface area contributed by atoms with E-state index in [-0.39, 0.29) is 17.5 Å². The number of aromatic nitrogens is 1. The summed E-state index contributed by atoms with van der Waals surface area (Å²) in [4.78, 5) is 18.1. The Balaban J connectivity index is 1.99. The number of nitrogens with zero attached hydrogens (tertiary/aromatic N) is 2. The van der Waals surface area contributed by atoms with E-state index < -0.39 is 5.82 Å². The quantitative estimate of drug-likeness (QED) is 0.822. The molecular formula is C12H14FN3OS. The van der Waals surface area contributed by atoms with E-state index in [4.69, 9.17) is 18.0 Å². The Morgan fingerprint density at radius 2 is 2.11 bits per heavy atom. The van der Waals surface area contributed by atoms with Gasteiger partial charge in [-0.05, 0) is 25.0 Å². The van der Waals surface area contributed by atoms with E-state index >= 15 is 0 Å². The van der Waals surface area contributed by atoms with Gasteiger partial charge < -0.3 is 10.6 Å². The summed E-state index contributed by atoms with van der Waals surface area (Å²) in [5.74, 6) is -0.402. The lowest BCUT2D eigenvalue weighted by atomic mass is 9.97. The fraction of sp³-hybridized carbons (Fsp3) is 0.417. The zero-order valence-electron chi connectivity index (χ0n) is 9.80. The first-order valence-electron chi connectivity index (χ1n) is 5.78. The van der Waals surface area contributed by atoms with Gasteiger partial charge in [-0.25, -0.2) is 9.37 Å². The van der Waals surface area contributed by atoms with Crippen LogP contribution < -0.4 is 5.73 Å². The maximum atomic E-state index is 12.7. The van der Waals surface area contributed by atoms with Gasteiger partial charge in [0.25, 0.3) is 5.91 Å². The first-order chi connectivity index (χ1) is 8.58. The van der Waals surface area contributed by atoms with Crippen molar-refractivity contribution in [2.75, 3.05) is 13.1 Å². The second kappa shape index (κ2) is 5.39. The Kier molecular flexibility index (Phi) is 3.86. The third-order valence-corrected chi connectivity index (χ3v) is 3.46. The number of hydrogen-bond acceptors (Lipinski definition) is 3. The summed E-state index contributed by atoms with van der Waals surface area (Å²) in [6.45, 7) is 1.22. The predicted molar refractivity (Wildman–Crippen MR) is 69.6 cm³/mol. The number of thiocarbonyl (C=S) groups is 1. The summed E-state index contributed by atoms with van der Waals surface area (Å²) in [6.07, 6.45) is 2.61. The van der Waals surface area contributed by atoms with Crippen molar-refractivity contribution in [1.29, 1.82) is 0 Å². The van der Waals surface area contributed by atoms with Gasteiger partial charge >= 0.3 is 0 Å². The molecule has 6 heteroatoms. The highest BCUT2D eigenvalue weighted by Gasteiger charge is 2.25. The lowest BCUT2D eigenvalue weighted by Gasteiger charge is -2.31. The van der Waals surface area contributed by atoms with Crippen molar-refractivity contribution in [3.8, 4) is 0 Å². The van der Waals surface area contributed by atoms with E-state index in [0.29, 0.717) is 18.1 Å². The van der Waals surface area contributed by atoms with E-state index in [9.17, 15) is 9.18 Å². The van der Waals surface area contributed by atoms with Crippen LogP contribution in [0.25, 0.3) is 0 Å². The van der Waals surface area contributed by atoms with Gasteiger partial charge in [0.2, 0.25) is 0 Å². The normalized spacial score (nSPS) is 16.6. The molecule has 0 unspecified atom stereocenters. The van der Waals surface area contributed by atoms with Crippen molar-refractivity contribution in [3.05, 3.63) is 29.8 Å². The number of piperidine rings is 1. The predicted octanol–water partition coefficient (Wildman–Crippen LogP) is 1.36. The first kappa shape index (κ1) is 12.9. The molecule has 2 heterocycles. The minimum absolute atomic E-state index is 0.170.